The summed E-state index contributed by atoms with van der Waals surface area (Å²) in [5.74, 6) is 0.108. The van der Waals surface area contributed by atoms with Crippen molar-refractivity contribution in [2.24, 2.45) is 11.1 Å². The summed E-state index contributed by atoms with van der Waals surface area (Å²) in [6, 6.07) is 0.220. The predicted octanol–water partition coefficient (Wildman–Crippen LogP) is 1.97. The van der Waals surface area contributed by atoms with E-state index >= 15 is 0 Å². The van der Waals surface area contributed by atoms with Crippen molar-refractivity contribution in [1.29, 1.82) is 0 Å². The zero-order chi connectivity index (χ0) is 14.1. The topological polar surface area (TPSA) is 64.3 Å². The monoisotopic (exact) mass is 268 g/mol. The highest BCUT2D eigenvalue weighted by atomic mass is 16.5. The van der Waals surface area contributed by atoms with Crippen molar-refractivity contribution in [1.82, 2.24) is 5.32 Å². The fourth-order valence-electron chi connectivity index (χ4n) is 3.53. The molecule has 0 heterocycles. The zero-order valence-corrected chi connectivity index (χ0v) is 12.5. The number of rotatable bonds is 4. The van der Waals surface area contributed by atoms with Crippen LogP contribution in [0.5, 0.6) is 0 Å². The Kier molecular flexibility index (Phi) is 4.21. The van der Waals surface area contributed by atoms with Gasteiger partial charge in [0.2, 0.25) is 5.91 Å². The largest absolute Gasteiger partial charge is 0.381 e. The third-order valence-corrected chi connectivity index (χ3v) is 5.16. The van der Waals surface area contributed by atoms with E-state index in [1.165, 1.54) is 6.42 Å². The van der Waals surface area contributed by atoms with E-state index in [4.69, 9.17) is 10.5 Å². The summed E-state index contributed by atoms with van der Waals surface area (Å²) in [5.41, 5.74) is 6.09. The summed E-state index contributed by atoms with van der Waals surface area (Å²) in [6.07, 6.45) is 7.16. The molecule has 2 unspecified atom stereocenters. The molecule has 4 nitrogen and oxygen atoms in total. The molecule has 2 rings (SSSR count). The van der Waals surface area contributed by atoms with E-state index in [-0.39, 0.29) is 29.0 Å². The molecule has 0 aromatic rings. The molecule has 2 fully saturated rings. The van der Waals surface area contributed by atoms with Crippen LogP contribution in [0.25, 0.3) is 0 Å². The van der Waals surface area contributed by atoms with Gasteiger partial charge in [0, 0.05) is 30.5 Å². The van der Waals surface area contributed by atoms with E-state index in [2.05, 4.69) is 19.2 Å². The average molecular weight is 268 g/mol. The minimum Gasteiger partial charge on any atom is -0.381 e. The van der Waals surface area contributed by atoms with Crippen molar-refractivity contribution in [3.05, 3.63) is 0 Å². The van der Waals surface area contributed by atoms with Crippen molar-refractivity contribution < 1.29 is 9.53 Å². The number of hydrogen-bond donors (Lipinski definition) is 2. The van der Waals surface area contributed by atoms with Gasteiger partial charge in [-0.15, -0.1) is 0 Å². The molecule has 0 radical (unpaired) electrons. The van der Waals surface area contributed by atoms with Crippen LogP contribution in [-0.2, 0) is 9.53 Å². The molecule has 0 bridgehead atoms. The van der Waals surface area contributed by atoms with Crippen LogP contribution in [0.4, 0.5) is 0 Å². The molecule has 2 aliphatic carbocycles. The molecule has 0 aromatic heterocycles. The summed E-state index contributed by atoms with van der Waals surface area (Å²) in [4.78, 5) is 12.2. The highest BCUT2D eigenvalue weighted by Crippen LogP contribution is 2.42. The van der Waals surface area contributed by atoms with Crippen LogP contribution in [0, 0.1) is 5.41 Å². The number of methoxy groups -OCH3 is 1. The highest BCUT2D eigenvalue weighted by Gasteiger charge is 2.49. The van der Waals surface area contributed by atoms with E-state index in [0.717, 1.165) is 32.1 Å². The molecule has 2 atom stereocenters. The molecule has 0 saturated heterocycles. The van der Waals surface area contributed by atoms with E-state index in [0.29, 0.717) is 6.42 Å². The molecule has 2 saturated carbocycles. The van der Waals surface area contributed by atoms with Crippen molar-refractivity contribution in [3.8, 4) is 0 Å². The van der Waals surface area contributed by atoms with Gasteiger partial charge < -0.3 is 15.8 Å². The predicted molar refractivity (Wildman–Crippen MR) is 75.7 cm³/mol. The third-order valence-electron chi connectivity index (χ3n) is 5.16. The van der Waals surface area contributed by atoms with E-state index in [1.54, 1.807) is 7.11 Å². The number of hydrogen-bond acceptors (Lipinski definition) is 3. The van der Waals surface area contributed by atoms with Crippen LogP contribution in [0.3, 0.4) is 0 Å². The lowest BCUT2D eigenvalue weighted by Crippen LogP contribution is -2.62. The number of nitrogens with one attached hydrogen (secondary N) is 1. The number of carbonyl (C=O) groups excluding carboxylic acids is 1. The Bertz CT molecular complexity index is 335. The molecular formula is C15H28N2O2. The summed E-state index contributed by atoms with van der Waals surface area (Å²) < 4.78 is 5.41. The number of ether oxygens (including phenoxy) is 1. The summed E-state index contributed by atoms with van der Waals surface area (Å²) in [7, 11) is 1.74. The van der Waals surface area contributed by atoms with Crippen LogP contribution in [0.2, 0.25) is 0 Å². The first-order chi connectivity index (χ1) is 8.87. The number of carbonyl (C=O) groups is 1. The van der Waals surface area contributed by atoms with Gasteiger partial charge in [0.1, 0.15) is 0 Å². The Morgan fingerprint density at radius 3 is 2.47 bits per heavy atom. The lowest BCUT2D eigenvalue weighted by molar-refractivity contribution is -0.134. The summed E-state index contributed by atoms with van der Waals surface area (Å²) in [6.45, 7) is 4.29. The summed E-state index contributed by atoms with van der Waals surface area (Å²) in [5, 5.41) is 3.14. The van der Waals surface area contributed by atoms with Crippen LogP contribution in [0.15, 0.2) is 0 Å². The molecule has 3 N–H and O–H groups in total. The van der Waals surface area contributed by atoms with Crippen LogP contribution in [0.1, 0.15) is 58.8 Å². The zero-order valence-electron chi connectivity index (χ0n) is 12.5. The second-order valence-corrected chi connectivity index (χ2v) is 7.00. The van der Waals surface area contributed by atoms with Gasteiger partial charge in [-0.25, -0.2) is 0 Å². The van der Waals surface area contributed by atoms with Gasteiger partial charge in [0.05, 0.1) is 6.10 Å². The maximum Gasteiger partial charge on any atom is 0.222 e. The standard InChI is InChI=1S/C15H28N2O2/c1-14(2)11(9-12(14)19-3)17-13(18)10-15(16)7-5-4-6-8-15/h11-12H,4-10,16H2,1-3H3,(H,17,18). The van der Waals surface area contributed by atoms with Crippen molar-refractivity contribution >= 4 is 5.91 Å². The molecule has 110 valence electrons. The van der Waals surface area contributed by atoms with Gasteiger partial charge in [0.25, 0.3) is 0 Å². The molecule has 19 heavy (non-hydrogen) atoms. The van der Waals surface area contributed by atoms with E-state index in [1.807, 2.05) is 0 Å². The van der Waals surface area contributed by atoms with Gasteiger partial charge in [-0.3, -0.25) is 4.79 Å². The van der Waals surface area contributed by atoms with Gasteiger partial charge >= 0.3 is 0 Å². The lowest BCUT2D eigenvalue weighted by atomic mass is 9.64. The number of nitrogens with two attached hydrogens (primary N) is 1. The molecule has 0 aromatic carbocycles. The first kappa shape index (κ1) is 14.8. The minimum atomic E-state index is -0.267. The van der Waals surface area contributed by atoms with Crippen molar-refractivity contribution in [2.45, 2.75) is 76.5 Å². The summed E-state index contributed by atoms with van der Waals surface area (Å²) >= 11 is 0. The Labute approximate surface area is 116 Å². The fourth-order valence-corrected chi connectivity index (χ4v) is 3.53. The molecule has 2 aliphatic rings. The van der Waals surface area contributed by atoms with Crippen molar-refractivity contribution in [3.63, 3.8) is 0 Å². The first-order valence-electron chi connectivity index (χ1n) is 7.48. The molecule has 0 aliphatic heterocycles. The quantitative estimate of drug-likeness (QED) is 0.819. The van der Waals surface area contributed by atoms with Crippen molar-refractivity contribution in [2.75, 3.05) is 7.11 Å². The van der Waals surface area contributed by atoms with E-state index < -0.39 is 0 Å². The fraction of sp³-hybridized carbons (Fsp3) is 0.933. The maximum atomic E-state index is 12.2. The SMILES string of the molecule is COC1CC(NC(=O)CC2(N)CCCCC2)C1(C)C. The number of amides is 1. The van der Waals surface area contributed by atoms with Crippen LogP contribution >= 0.6 is 0 Å². The molecule has 1 amide bonds. The van der Waals surface area contributed by atoms with E-state index in [9.17, 15) is 4.79 Å². The second-order valence-electron chi connectivity index (χ2n) is 7.00. The normalized spacial score (nSPS) is 32.4. The Morgan fingerprint density at radius 2 is 1.95 bits per heavy atom. The van der Waals surface area contributed by atoms with Crippen LogP contribution < -0.4 is 11.1 Å². The third kappa shape index (κ3) is 3.11. The second kappa shape index (κ2) is 5.41. The molecule has 4 heteroatoms. The molecule has 0 spiro atoms. The molecular weight excluding hydrogens is 240 g/mol. The Morgan fingerprint density at radius 1 is 1.32 bits per heavy atom. The Balaban J connectivity index is 1.82. The lowest BCUT2D eigenvalue weighted by Gasteiger charge is -2.51. The minimum absolute atomic E-state index is 0.0265. The van der Waals surface area contributed by atoms with Gasteiger partial charge in [-0.1, -0.05) is 33.1 Å². The van der Waals surface area contributed by atoms with Crippen LogP contribution in [-0.4, -0.2) is 30.7 Å². The van der Waals surface area contributed by atoms with Gasteiger partial charge in [-0.05, 0) is 19.3 Å². The maximum absolute atomic E-state index is 12.2. The van der Waals surface area contributed by atoms with Gasteiger partial charge in [0.15, 0.2) is 0 Å². The smallest absolute Gasteiger partial charge is 0.222 e. The first-order valence-corrected chi connectivity index (χ1v) is 7.48. The average Bonchev–Trinajstić information content (AvgIpc) is 2.34. The van der Waals surface area contributed by atoms with Gasteiger partial charge in [-0.2, -0.15) is 0 Å². The highest BCUT2D eigenvalue weighted by molar-refractivity contribution is 5.77. The Hall–Kier alpha value is -0.610.